The maximum absolute atomic E-state index is 11.9. The highest BCUT2D eigenvalue weighted by Gasteiger charge is 2.27. The summed E-state index contributed by atoms with van der Waals surface area (Å²) < 4.78 is 20.6. The summed E-state index contributed by atoms with van der Waals surface area (Å²) in [6.07, 6.45) is 0. The van der Waals surface area contributed by atoms with E-state index in [9.17, 15) is 9.59 Å². The van der Waals surface area contributed by atoms with E-state index in [1.807, 2.05) is 0 Å². The predicted octanol–water partition coefficient (Wildman–Crippen LogP) is 1.21. The predicted molar refractivity (Wildman–Crippen MR) is 64.9 cm³/mol. The van der Waals surface area contributed by atoms with Gasteiger partial charge in [-0.05, 0) is 19.1 Å². The summed E-state index contributed by atoms with van der Waals surface area (Å²) in [4.78, 5) is 23.4. The van der Waals surface area contributed by atoms with Gasteiger partial charge in [0.05, 0.1) is 19.3 Å². The molecule has 0 saturated heterocycles. The molecule has 1 heterocycles. The van der Waals surface area contributed by atoms with Crippen molar-refractivity contribution < 1.29 is 28.5 Å². The fourth-order valence-corrected chi connectivity index (χ4v) is 1.78. The monoisotopic (exact) mass is 266 g/mol. The summed E-state index contributed by atoms with van der Waals surface area (Å²) in [5.74, 6) is -0.671. The standard InChI is InChI=1S/C13H14O6/c1-3-17-13(15)10(14)8-4-5-9-12(11(8)16-2)19-7-6-18-9/h4-5H,3,6-7H2,1-2H3. The molecule has 0 atom stereocenters. The van der Waals surface area contributed by atoms with Crippen LogP contribution in [0.5, 0.6) is 17.2 Å². The van der Waals surface area contributed by atoms with Crippen LogP contribution in [0, 0.1) is 0 Å². The molecule has 0 aromatic heterocycles. The number of benzene rings is 1. The summed E-state index contributed by atoms with van der Waals surface area (Å²) in [6, 6.07) is 3.04. The summed E-state index contributed by atoms with van der Waals surface area (Å²) in [5, 5.41) is 0. The van der Waals surface area contributed by atoms with Gasteiger partial charge in [-0.25, -0.2) is 4.79 Å². The molecule has 1 aromatic carbocycles. The van der Waals surface area contributed by atoms with Gasteiger partial charge in [-0.15, -0.1) is 0 Å². The van der Waals surface area contributed by atoms with Crippen LogP contribution in [0.1, 0.15) is 17.3 Å². The first-order valence-corrected chi connectivity index (χ1v) is 5.87. The third-order valence-electron chi connectivity index (χ3n) is 2.57. The molecule has 1 aliphatic heterocycles. The first kappa shape index (κ1) is 13.2. The molecule has 1 aliphatic rings. The quantitative estimate of drug-likeness (QED) is 0.463. The fraction of sp³-hybridized carbons (Fsp3) is 0.385. The molecule has 102 valence electrons. The Morgan fingerprint density at radius 3 is 2.68 bits per heavy atom. The Morgan fingerprint density at radius 2 is 2.00 bits per heavy atom. The molecule has 0 saturated carbocycles. The van der Waals surface area contributed by atoms with E-state index >= 15 is 0 Å². The SMILES string of the molecule is CCOC(=O)C(=O)c1ccc2c(c1OC)OCCO2. The molecule has 1 aromatic rings. The molecular weight excluding hydrogens is 252 g/mol. The maximum atomic E-state index is 11.9. The van der Waals surface area contributed by atoms with Gasteiger partial charge in [0, 0.05) is 0 Å². The first-order valence-electron chi connectivity index (χ1n) is 5.87. The van der Waals surface area contributed by atoms with Crippen LogP contribution in [0.3, 0.4) is 0 Å². The van der Waals surface area contributed by atoms with Crippen molar-refractivity contribution in [2.24, 2.45) is 0 Å². The number of carbonyl (C=O) groups is 2. The van der Waals surface area contributed by atoms with E-state index in [2.05, 4.69) is 4.74 Å². The minimum absolute atomic E-state index is 0.102. The molecule has 2 rings (SSSR count). The zero-order valence-electron chi connectivity index (χ0n) is 10.7. The van der Waals surface area contributed by atoms with E-state index in [0.717, 1.165) is 0 Å². The topological polar surface area (TPSA) is 71.1 Å². The Hall–Kier alpha value is -2.24. The minimum Gasteiger partial charge on any atom is -0.492 e. The van der Waals surface area contributed by atoms with Gasteiger partial charge in [-0.1, -0.05) is 0 Å². The van der Waals surface area contributed by atoms with Crippen LogP contribution in [0.2, 0.25) is 0 Å². The molecule has 0 amide bonds. The lowest BCUT2D eigenvalue weighted by atomic mass is 10.1. The number of ether oxygens (including phenoxy) is 4. The highest BCUT2D eigenvalue weighted by molar-refractivity contribution is 6.41. The Balaban J connectivity index is 2.41. The number of esters is 1. The average Bonchev–Trinajstić information content (AvgIpc) is 2.45. The van der Waals surface area contributed by atoms with Crippen molar-refractivity contribution in [1.29, 1.82) is 0 Å². The smallest absolute Gasteiger partial charge is 0.379 e. The highest BCUT2D eigenvalue weighted by atomic mass is 16.6. The van der Waals surface area contributed by atoms with Crippen LogP contribution in [-0.4, -0.2) is 38.7 Å². The zero-order chi connectivity index (χ0) is 13.8. The van der Waals surface area contributed by atoms with Crippen molar-refractivity contribution in [2.75, 3.05) is 26.9 Å². The number of ketones is 1. The molecule has 0 bridgehead atoms. The van der Waals surface area contributed by atoms with Crippen molar-refractivity contribution in [2.45, 2.75) is 6.92 Å². The second kappa shape index (κ2) is 5.60. The van der Waals surface area contributed by atoms with Gasteiger partial charge in [0.1, 0.15) is 13.2 Å². The van der Waals surface area contributed by atoms with Crippen LogP contribution in [-0.2, 0) is 9.53 Å². The van der Waals surface area contributed by atoms with Gasteiger partial charge < -0.3 is 18.9 Å². The second-order valence-electron chi connectivity index (χ2n) is 3.72. The van der Waals surface area contributed by atoms with E-state index < -0.39 is 11.8 Å². The molecule has 0 N–H and O–H groups in total. The summed E-state index contributed by atoms with van der Waals surface area (Å²) in [6.45, 7) is 2.56. The Bertz CT molecular complexity index is 508. The normalized spacial score (nSPS) is 12.7. The Labute approximate surface area is 110 Å². The number of Topliss-reactive ketones (excluding diaryl/α,β-unsaturated/α-hetero) is 1. The molecule has 19 heavy (non-hydrogen) atoms. The van der Waals surface area contributed by atoms with Crippen molar-refractivity contribution in [1.82, 2.24) is 0 Å². The first-order chi connectivity index (χ1) is 9.19. The maximum Gasteiger partial charge on any atom is 0.379 e. The van der Waals surface area contributed by atoms with Crippen molar-refractivity contribution in [3.8, 4) is 17.2 Å². The van der Waals surface area contributed by atoms with Crippen LogP contribution < -0.4 is 14.2 Å². The van der Waals surface area contributed by atoms with Gasteiger partial charge in [0.25, 0.3) is 5.78 Å². The number of hydrogen-bond acceptors (Lipinski definition) is 6. The summed E-state index contributed by atoms with van der Waals surface area (Å²) in [5.41, 5.74) is 0.102. The highest BCUT2D eigenvalue weighted by Crippen LogP contribution is 2.41. The molecule has 0 aliphatic carbocycles. The molecule has 0 spiro atoms. The lowest BCUT2D eigenvalue weighted by Gasteiger charge is -2.21. The fourth-order valence-electron chi connectivity index (χ4n) is 1.78. The largest absolute Gasteiger partial charge is 0.492 e. The minimum atomic E-state index is -0.919. The van der Waals surface area contributed by atoms with Crippen LogP contribution in [0.25, 0.3) is 0 Å². The third-order valence-corrected chi connectivity index (χ3v) is 2.57. The van der Waals surface area contributed by atoms with Crippen LogP contribution in [0.15, 0.2) is 12.1 Å². The molecule has 6 heteroatoms. The average molecular weight is 266 g/mol. The van der Waals surface area contributed by atoms with E-state index in [1.165, 1.54) is 13.2 Å². The Kier molecular flexibility index (Phi) is 3.89. The van der Waals surface area contributed by atoms with Crippen LogP contribution in [0.4, 0.5) is 0 Å². The number of hydrogen-bond donors (Lipinski definition) is 0. The molecule has 0 fully saturated rings. The number of carbonyl (C=O) groups excluding carboxylic acids is 2. The van der Waals surface area contributed by atoms with Gasteiger partial charge >= 0.3 is 5.97 Å². The van der Waals surface area contributed by atoms with E-state index in [4.69, 9.17) is 14.2 Å². The van der Waals surface area contributed by atoms with Gasteiger partial charge in [0.2, 0.25) is 5.75 Å². The number of fused-ring (bicyclic) bond motifs is 1. The van der Waals surface area contributed by atoms with E-state index in [1.54, 1.807) is 13.0 Å². The lowest BCUT2D eigenvalue weighted by Crippen LogP contribution is -2.20. The number of rotatable bonds is 4. The van der Waals surface area contributed by atoms with Crippen LogP contribution >= 0.6 is 0 Å². The molecule has 0 unspecified atom stereocenters. The third kappa shape index (κ3) is 2.47. The summed E-state index contributed by atoms with van der Waals surface area (Å²) >= 11 is 0. The zero-order valence-corrected chi connectivity index (χ0v) is 10.7. The van der Waals surface area contributed by atoms with Gasteiger partial charge in [-0.3, -0.25) is 4.79 Å². The molecular formula is C13H14O6. The number of methoxy groups -OCH3 is 1. The van der Waals surface area contributed by atoms with E-state index in [0.29, 0.717) is 24.7 Å². The van der Waals surface area contributed by atoms with Gasteiger partial charge in [-0.2, -0.15) is 0 Å². The molecule has 0 radical (unpaired) electrons. The van der Waals surface area contributed by atoms with Crippen molar-refractivity contribution in [3.05, 3.63) is 17.7 Å². The second-order valence-corrected chi connectivity index (χ2v) is 3.72. The van der Waals surface area contributed by atoms with Crippen molar-refractivity contribution >= 4 is 11.8 Å². The summed E-state index contributed by atoms with van der Waals surface area (Å²) in [7, 11) is 1.40. The lowest BCUT2D eigenvalue weighted by molar-refractivity contribution is -0.137. The van der Waals surface area contributed by atoms with Crippen molar-refractivity contribution in [3.63, 3.8) is 0 Å². The van der Waals surface area contributed by atoms with E-state index in [-0.39, 0.29) is 17.9 Å². The molecule has 6 nitrogen and oxygen atoms in total. The Morgan fingerprint density at radius 1 is 1.26 bits per heavy atom. The van der Waals surface area contributed by atoms with Gasteiger partial charge in [0.15, 0.2) is 11.5 Å².